The molecule has 164 valence electrons. The van der Waals surface area contributed by atoms with Crippen molar-refractivity contribution >= 4 is 51.6 Å². The van der Waals surface area contributed by atoms with Crippen molar-refractivity contribution in [3.05, 3.63) is 75.4 Å². The average molecular weight is 469 g/mol. The van der Waals surface area contributed by atoms with Gasteiger partial charge in [0.2, 0.25) is 0 Å². The average Bonchev–Trinajstić information content (AvgIpc) is 3.34. The molecular formula is C25H22Cl2N2O3. The van der Waals surface area contributed by atoms with E-state index >= 15 is 0 Å². The topological polar surface area (TPSA) is 73.4 Å². The number of nitrogens with zero attached hydrogens (tertiary/aromatic N) is 1. The third-order valence-corrected chi connectivity index (χ3v) is 7.30. The van der Waals surface area contributed by atoms with E-state index in [1.165, 1.54) is 6.07 Å². The van der Waals surface area contributed by atoms with Crippen LogP contribution in [0.5, 0.6) is 0 Å². The van der Waals surface area contributed by atoms with Crippen LogP contribution in [0.1, 0.15) is 49.3 Å². The number of halogens is 2. The predicted octanol–water partition coefficient (Wildman–Crippen LogP) is 6.23. The van der Waals surface area contributed by atoms with Crippen LogP contribution in [-0.4, -0.2) is 32.7 Å². The molecule has 1 unspecified atom stereocenters. The Kier molecular flexibility index (Phi) is 5.48. The summed E-state index contributed by atoms with van der Waals surface area (Å²) >= 11 is 12.2. The summed E-state index contributed by atoms with van der Waals surface area (Å²) in [4.78, 5) is 31.5. The second-order valence-electron chi connectivity index (χ2n) is 8.42. The van der Waals surface area contributed by atoms with Gasteiger partial charge in [0.15, 0.2) is 0 Å². The van der Waals surface area contributed by atoms with Crippen LogP contribution in [0.15, 0.2) is 54.2 Å². The number of benzene rings is 2. The lowest BCUT2D eigenvalue weighted by atomic mass is 9.91. The van der Waals surface area contributed by atoms with Gasteiger partial charge in [-0.05, 0) is 37.1 Å². The Hall–Kier alpha value is -2.76. The molecule has 32 heavy (non-hydrogen) atoms. The van der Waals surface area contributed by atoms with E-state index in [1.54, 1.807) is 17.0 Å². The van der Waals surface area contributed by atoms with Gasteiger partial charge in [0.05, 0.1) is 21.7 Å². The van der Waals surface area contributed by atoms with E-state index in [1.807, 2.05) is 30.5 Å². The van der Waals surface area contributed by atoms with E-state index in [2.05, 4.69) is 4.98 Å². The smallest absolute Gasteiger partial charge is 0.295 e. The summed E-state index contributed by atoms with van der Waals surface area (Å²) < 4.78 is 0. The van der Waals surface area contributed by atoms with Crippen LogP contribution in [-0.2, 0) is 9.59 Å². The number of aliphatic hydroxyl groups excluding tert-OH is 1. The molecule has 1 saturated carbocycles. The highest BCUT2D eigenvalue weighted by molar-refractivity contribution is 6.47. The van der Waals surface area contributed by atoms with Gasteiger partial charge in [0.1, 0.15) is 5.76 Å². The number of likely N-dealkylation sites (tertiary alicyclic amines) is 1. The van der Waals surface area contributed by atoms with Crippen LogP contribution in [0.25, 0.3) is 16.7 Å². The SMILES string of the molecule is O=C1C(=O)N(C2CCCCC2)C(c2c[nH]c3ccccc23)/C1=C(\O)c1ccc(Cl)c(Cl)c1. The Labute approximate surface area is 195 Å². The third-order valence-electron chi connectivity index (χ3n) is 6.56. The first-order valence-corrected chi connectivity index (χ1v) is 11.5. The van der Waals surface area contributed by atoms with Crippen molar-refractivity contribution in [3.8, 4) is 0 Å². The predicted molar refractivity (Wildman–Crippen MR) is 126 cm³/mol. The van der Waals surface area contributed by atoms with Crippen molar-refractivity contribution < 1.29 is 14.7 Å². The first-order chi connectivity index (χ1) is 15.5. The number of aromatic nitrogens is 1. The van der Waals surface area contributed by atoms with E-state index in [4.69, 9.17) is 23.2 Å². The minimum absolute atomic E-state index is 0.0435. The van der Waals surface area contributed by atoms with Crippen molar-refractivity contribution in [1.82, 2.24) is 9.88 Å². The number of fused-ring (bicyclic) bond motifs is 1. The summed E-state index contributed by atoms with van der Waals surface area (Å²) in [7, 11) is 0. The highest BCUT2D eigenvalue weighted by Gasteiger charge is 2.49. The Balaban J connectivity index is 1.72. The van der Waals surface area contributed by atoms with Gasteiger partial charge in [0.25, 0.3) is 11.7 Å². The fraction of sp³-hybridized carbons (Fsp3) is 0.280. The normalized spacial score (nSPS) is 21.6. The van der Waals surface area contributed by atoms with Gasteiger partial charge in [0, 0.05) is 34.3 Å². The van der Waals surface area contributed by atoms with Crippen molar-refractivity contribution in [1.29, 1.82) is 0 Å². The number of amides is 1. The van der Waals surface area contributed by atoms with E-state index < -0.39 is 17.7 Å². The van der Waals surface area contributed by atoms with Gasteiger partial charge >= 0.3 is 0 Å². The summed E-state index contributed by atoms with van der Waals surface area (Å²) in [5.74, 6) is -1.47. The maximum absolute atomic E-state index is 13.3. The van der Waals surface area contributed by atoms with Crippen LogP contribution in [0.3, 0.4) is 0 Å². The number of nitrogens with one attached hydrogen (secondary N) is 1. The number of H-pyrrole nitrogens is 1. The maximum atomic E-state index is 13.3. The van der Waals surface area contributed by atoms with E-state index in [-0.39, 0.29) is 22.4 Å². The molecule has 1 aromatic heterocycles. The molecular weight excluding hydrogens is 447 g/mol. The lowest BCUT2D eigenvalue weighted by Gasteiger charge is -2.35. The second kappa shape index (κ2) is 8.30. The van der Waals surface area contributed by atoms with Gasteiger partial charge < -0.3 is 15.0 Å². The third kappa shape index (κ3) is 3.40. The first-order valence-electron chi connectivity index (χ1n) is 10.8. The second-order valence-corrected chi connectivity index (χ2v) is 9.23. The van der Waals surface area contributed by atoms with E-state index in [0.29, 0.717) is 10.6 Å². The lowest BCUT2D eigenvalue weighted by Crippen LogP contribution is -2.40. The molecule has 2 aromatic carbocycles. The van der Waals surface area contributed by atoms with Crippen LogP contribution in [0.2, 0.25) is 10.0 Å². The summed E-state index contributed by atoms with van der Waals surface area (Å²) in [5.41, 5.74) is 2.15. The van der Waals surface area contributed by atoms with Crippen molar-refractivity contribution in [2.75, 3.05) is 0 Å². The molecule has 5 rings (SSSR count). The molecule has 1 aliphatic heterocycles. The summed E-state index contributed by atoms with van der Waals surface area (Å²) in [6, 6.07) is 11.7. The summed E-state index contributed by atoms with van der Waals surface area (Å²) in [6.45, 7) is 0. The van der Waals surface area contributed by atoms with Gasteiger partial charge in [-0.1, -0.05) is 60.7 Å². The molecule has 2 N–H and O–H groups in total. The van der Waals surface area contributed by atoms with E-state index in [0.717, 1.165) is 48.6 Å². The molecule has 0 bridgehead atoms. The lowest BCUT2D eigenvalue weighted by molar-refractivity contribution is -0.141. The molecule has 0 spiro atoms. The van der Waals surface area contributed by atoms with Crippen molar-refractivity contribution in [2.24, 2.45) is 0 Å². The molecule has 0 radical (unpaired) electrons. The number of ketones is 1. The maximum Gasteiger partial charge on any atom is 0.295 e. The number of carbonyl (C=O) groups is 2. The van der Waals surface area contributed by atoms with E-state index in [9.17, 15) is 14.7 Å². The number of rotatable bonds is 3. The summed E-state index contributed by atoms with van der Waals surface area (Å²) in [6.07, 6.45) is 6.68. The number of carbonyl (C=O) groups excluding carboxylic acids is 2. The molecule has 1 saturated heterocycles. The minimum Gasteiger partial charge on any atom is -0.507 e. The summed E-state index contributed by atoms with van der Waals surface area (Å²) in [5, 5.41) is 12.8. The number of aromatic amines is 1. The highest BCUT2D eigenvalue weighted by atomic mass is 35.5. The van der Waals surface area contributed by atoms with Gasteiger partial charge in [-0.3, -0.25) is 9.59 Å². The molecule has 1 amide bonds. The Bertz CT molecular complexity index is 1260. The fourth-order valence-corrected chi connectivity index (χ4v) is 5.31. The van der Waals surface area contributed by atoms with Gasteiger partial charge in [-0.15, -0.1) is 0 Å². The largest absolute Gasteiger partial charge is 0.507 e. The Morgan fingerprint density at radius 3 is 2.50 bits per heavy atom. The number of hydrogen-bond donors (Lipinski definition) is 2. The molecule has 2 fully saturated rings. The zero-order valence-electron chi connectivity index (χ0n) is 17.3. The number of aliphatic hydroxyl groups is 1. The Morgan fingerprint density at radius 2 is 1.75 bits per heavy atom. The number of Topliss-reactive ketones (excluding diaryl/α,β-unsaturated/α-hetero) is 1. The minimum atomic E-state index is -0.677. The fourth-order valence-electron chi connectivity index (χ4n) is 5.01. The standard InChI is InChI=1S/C25H22Cl2N2O3/c26-18-11-10-14(12-19(18)27)23(30)21-22(17-13-28-20-9-5-4-8-16(17)20)29(25(32)24(21)31)15-6-2-1-3-7-15/h4-5,8-13,15,22,28,30H,1-3,6-7H2/b23-21+. The number of hydrogen-bond acceptors (Lipinski definition) is 3. The molecule has 1 aliphatic carbocycles. The monoisotopic (exact) mass is 468 g/mol. The quantitative estimate of drug-likeness (QED) is 0.271. The van der Waals surface area contributed by atoms with Gasteiger partial charge in [-0.2, -0.15) is 0 Å². The molecule has 5 nitrogen and oxygen atoms in total. The van der Waals surface area contributed by atoms with Crippen LogP contribution in [0.4, 0.5) is 0 Å². The van der Waals surface area contributed by atoms with Crippen LogP contribution >= 0.6 is 23.2 Å². The molecule has 1 atom stereocenters. The molecule has 7 heteroatoms. The van der Waals surface area contributed by atoms with Crippen LogP contribution < -0.4 is 0 Å². The zero-order chi connectivity index (χ0) is 22.4. The molecule has 3 aromatic rings. The van der Waals surface area contributed by atoms with Crippen molar-refractivity contribution in [3.63, 3.8) is 0 Å². The highest BCUT2D eigenvalue weighted by Crippen LogP contribution is 2.45. The molecule has 2 aliphatic rings. The zero-order valence-corrected chi connectivity index (χ0v) is 18.8. The van der Waals surface area contributed by atoms with Crippen molar-refractivity contribution in [2.45, 2.75) is 44.2 Å². The van der Waals surface area contributed by atoms with Gasteiger partial charge in [-0.25, -0.2) is 0 Å². The van der Waals surface area contributed by atoms with Crippen LogP contribution in [0, 0.1) is 0 Å². The first kappa shape index (κ1) is 21.1. The Morgan fingerprint density at radius 1 is 1.00 bits per heavy atom. The molecule has 2 heterocycles. The number of para-hydroxylation sites is 1.